The Morgan fingerprint density at radius 2 is 1.75 bits per heavy atom. The van der Waals surface area contributed by atoms with Crippen molar-refractivity contribution in [2.45, 2.75) is 13.8 Å². The van der Waals surface area contributed by atoms with E-state index in [9.17, 15) is 4.57 Å². The third-order valence-corrected chi connectivity index (χ3v) is 2.75. The average molecular weight is 184 g/mol. The number of nitrogens with zero attached hydrogens (tertiary/aromatic N) is 1. The molecule has 0 saturated carbocycles. The summed E-state index contributed by atoms with van der Waals surface area (Å²) in [6.07, 6.45) is -0.172. The molecule has 0 fully saturated rings. The minimum absolute atomic E-state index is 0. The molecule has 12 heavy (non-hydrogen) atoms. The maximum absolute atomic E-state index is 11.3. The Balaban J connectivity index is 0. The molecule has 0 spiro atoms. The van der Waals surface area contributed by atoms with Crippen LogP contribution >= 0.6 is 7.60 Å². The maximum Gasteiger partial charge on any atom is 0.344 e. The van der Waals surface area contributed by atoms with Crippen molar-refractivity contribution in [1.29, 1.82) is 5.26 Å². The number of rotatable bonds is 5. The summed E-state index contributed by atoms with van der Waals surface area (Å²) >= 11 is 0. The van der Waals surface area contributed by atoms with Crippen molar-refractivity contribution in [2.24, 2.45) is 0 Å². The van der Waals surface area contributed by atoms with Crippen molar-refractivity contribution in [1.82, 2.24) is 0 Å². The van der Waals surface area contributed by atoms with Crippen LogP contribution in [0.25, 0.3) is 0 Å². The van der Waals surface area contributed by atoms with Gasteiger partial charge in [-0.15, -0.1) is 0 Å². The summed E-state index contributed by atoms with van der Waals surface area (Å²) in [7, 11) is -3.08. The molecule has 1 radical (unpaired) electrons. The molecule has 0 N–H and O–H groups in total. The number of hydrogen-bond donors (Lipinski definition) is 0. The third-order valence-electron chi connectivity index (χ3n) is 0.916. The second-order valence-electron chi connectivity index (χ2n) is 1.76. The third kappa shape index (κ3) is 5.83. The van der Waals surface area contributed by atoms with Gasteiger partial charge in [-0.25, -0.2) is 0 Å². The van der Waals surface area contributed by atoms with E-state index >= 15 is 0 Å². The Morgan fingerprint density at radius 3 is 2.00 bits per heavy atom. The zero-order valence-electron chi connectivity index (χ0n) is 7.74. The number of nitriles is 1. The van der Waals surface area contributed by atoms with Gasteiger partial charge in [0, 0.05) is 18.9 Å². The fraction of sp³-hybridized carbons (Fsp3) is 0.833. The first-order valence-corrected chi connectivity index (χ1v) is 5.16. The molecule has 0 aromatic heterocycles. The van der Waals surface area contributed by atoms with Gasteiger partial charge in [0.1, 0.15) is 6.16 Å². The monoisotopic (exact) mass is 184 g/mol. The first-order valence-electron chi connectivity index (χ1n) is 3.43. The van der Waals surface area contributed by atoms with Gasteiger partial charge in [0.25, 0.3) is 0 Å². The van der Waals surface area contributed by atoms with E-state index in [0.29, 0.717) is 13.2 Å². The van der Waals surface area contributed by atoms with Crippen molar-refractivity contribution in [3.05, 3.63) is 0 Å². The predicted molar refractivity (Wildman–Crippen MR) is 47.1 cm³/mol. The molecule has 0 saturated heterocycles. The van der Waals surface area contributed by atoms with Crippen LogP contribution in [0, 0.1) is 11.3 Å². The SMILES string of the molecule is CCOP(=O)(CC#N)OCC.[Li]. The molecule has 65 valence electrons. The molecular weight excluding hydrogens is 172 g/mol. The van der Waals surface area contributed by atoms with Gasteiger partial charge in [-0.2, -0.15) is 5.26 Å². The summed E-state index contributed by atoms with van der Waals surface area (Å²) in [6.45, 7) is 4.03. The zero-order valence-corrected chi connectivity index (χ0v) is 8.63. The van der Waals surface area contributed by atoms with E-state index in [0.717, 1.165) is 0 Å². The molecule has 0 rings (SSSR count). The van der Waals surface area contributed by atoms with Crippen molar-refractivity contribution < 1.29 is 13.6 Å². The molecule has 0 heterocycles. The van der Waals surface area contributed by atoms with Crippen LogP contribution < -0.4 is 0 Å². The molecular formula is C6H12LiNO3P. The van der Waals surface area contributed by atoms with Crippen LogP contribution in [-0.2, 0) is 13.6 Å². The average Bonchev–Trinajstić information content (AvgIpc) is 1.88. The first kappa shape index (κ1) is 14.7. The van der Waals surface area contributed by atoms with Gasteiger partial charge < -0.3 is 9.05 Å². The molecule has 0 aromatic rings. The van der Waals surface area contributed by atoms with Gasteiger partial charge in [-0.1, -0.05) is 0 Å². The smallest absolute Gasteiger partial charge is 0.308 e. The van der Waals surface area contributed by atoms with Crippen LogP contribution in [0.15, 0.2) is 0 Å². The fourth-order valence-corrected chi connectivity index (χ4v) is 1.83. The Bertz CT molecular complexity index is 182. The van der Waals surface area contributed by atoms with Crippen molar-refractivity contribution in [2.75, 3.05) is 19.4 Å². The van der Waals surface area contributed by atoms with Crippen molar-refractivity contribution >= 4 is 26.5 Å². The molecule has 0 unspecified atom stereocenters. The molecule has 0 aromatic carbocycles. The Kier molecular flexibility index (Phi) is 9.66. The van der Waals surface area contributed by atoms with Crippen LogP contribution in [0.2, 0.25) is 0 Å². The minimum Gasteiger partial charge on any atom is -0.308 e. The first-order chi connectivity index (χ1) is 5.18. The summed E-state index contributed by atoms with van der Waals surface area (Å²) < 4.78 is 21.0. The zero-order chi connectivity index (χ0) is 8.74. The van der Waals surface area contributed by atoms with E-state index in [2.05, 4.69) is 0 Å². The molecule has 0 amide bonds. The summed E-state index contributed by atoms with van der Waals surface area (Å²) in [6, 6.07) is 1.76. The van der Waals surface area contributed by atoms with E-state index in [-0.39, 0.29) is 25.0 Å². The van der Waals surface area contributed by atoms with E-state index < -0.39 is 7.60 Å². The second-order valence-corrected chi connectivity index (χ2v) is 3.82. The summed E-state index contributed by atoms with van der Waals surface area (Å²) in [5.41, 5.74) is 0. The van der Waals surface area contributed by atoms with Gasteiger partial charge in [0.2, 0.25) is 0 Å². The normalized spacial score (nSPS) is 10.1. The summed E-state index contributed by atoms with van der Waals surface area (Å²) in [5, 5.41) is 8.27. The van der Waals surface area contributed by atoms with Gasteiger partial charge in [0.05, 0.1) is 19.3 Å². The molecule has 4 nitrogen and oxygen atoms in total. The number of hydrogen-bond acceptors (Lipinski definition) is 4. The van der Waals surface area contributed by atoms with Gasteiger partial charge >= 0.3 is 7.60 Å². The van der Waals surface area contributed by atoms with E-state index in [1.54, 1.807) is 19.9 Å². The quantitative estimate of drug-likeness (QED) is 0.478. The van der Waals surface area contributed by atoms with E-state index in [1.165, 1.54) is 0 Å². The van der Waals surface area contributed by atoms with Gasteiger partial charge in [0.15, 0.2) is 0 Å². The second kappa shape index (κ2) is 7.86. The van der Waals surface area contributed by atoms with Crippen molar-refractivity contribution in [3.8, 4) is 6.07 Å². The fourth-order valence-electron chi connectivity index (χ4n) is 0.609. The molecule has 0 atom stereocenters. The Labute approximate surface area is 84.9 Å². The van der Waals surface area contributed by atoms with E-state index in [1.807, 2.05) is 0 Å². The Hall–Kier alpha value is 0.237. The van der Waals surface area contributed by atoms with Crippen LogP contribution in [0.4, 0.5) is 0 Å². The predicted octanol–water partition coefficient (Wildman–Crippen LogP) is 1.40. The summed E-state index contributed by atoms with van der Waals surface area (Å²) in [5.74, 6) is 0. The van der Waals surface area contributed by atoms with Crippen LogP contribution in [-0.4, -0.2) is 38.2 Å². The molecule has 0 aliphatic carbocycles. The van der Waals surface area contributed by atoms with Crippen LogP contribution in [0.3, 0.4) is 0 Å². The molecule has 0 aliphatic heterocycles. The van der Waals surface area contributed by atoms with Crippen molar-refractivity contribution in [3.63, 3.8) is 0 Å². The molecule has 0 bridgehead atoms. The maximum atomic E-state index is 11.3. The standard InChI is InChI=1S/C6H12NO3P.Li/c1-3-9-11(8,6-5-7)10-4-2;/h3-4,6H2,1-2H3;. The minimum atomic E-state index is -3.08. The molecule has 6 heteroatoms. The van der Waals surface area contributed by atoms with Crippen LogP contribution in [0.5, 0.6) is 0 Å². The van der Waals surface area contributed by atoms with Gasteiger partial charge in [-0.3, -0.25) is 4.57 Å². The Morgan fingerprint density at radius 1 is 1.33 bits per heavy atom. The van der Waals surface area contributed by atoms with Gasteiger partial charge in [-0.05, 0) is 13.8 Å². The summed E-state index contributed by atoms with van der Waals surface area (Å²) in [4.78, 5) is 0. The topological polar surface area (TPSA) is 59.3 Å². The molecule has 0 aliphatic rings. The largest absolute Gasteiger partial charge is 0.344 e. The van der Waals surface area contributed by atoms with E-state index in [4.69, 9.17) is 14.3 Å². The van der Waals surface area contributed by atoms with Crippen LogP contribution in [0.1, 0.15) is 13.8 Å².